The molecule has 7 nitrogen and oxygen atoms in total. The predicted molar refractivity (Wildman–Crippen MR) is 88.0 cm³/mol. The van der Waals surface area contributed by atoms with E-state index in [0.717, 1.165) is 12.8 Å². The van der Waals surface area contributed by atoms with Gasteiger partial charge in [0.2, 0.25) is 10.0 Å². The van der Waals surface area contributed by atoms with Gasteiger partial charge in [0.05, 0.1) is 10.5 Å². The molecular weight excluding hydrogens is 332 g/mol. The predicted octanol–water partition coefficient (Wildman–Crippen LogP) is 1.10. The summed E-state index contributed by atoms with van der Waals surface area (Å²) in [5.41, 5.74) is 0.105. The van der Waals surface area contributed by atoms with Crippen LogP contribution < -0.4 is 0 Å². The monoisotopic (exact) mass is 354 g/mol. The van der Waals surface area contributed by atoms with Crippen LogP contribution in [0, 0.1) is 0 Å². The number of esters is 1. The van der Waals surface area contributed by atoms with Crippen LogP contribution in [0.1, 0.15) is 30.1 Å². The summed E-state index contributed by atoms with van der Waals surface area (Å²) in [4.78, 5) is 25.3. The van der Waals surface area contributed by atoms with Crippen LogP contribution in [0.5, 0.6) is 0 Å². The molecule has 1 amide bonds. The molecule has 0 radical (unpaired) electrons. The van der Waals surface area contributed by atoms with Gasteiger partial charge in [-0.2, -0.15) is 4.31 Å². The zero-order valence-corrected chi connectivity index (χ0v) is 14.9. The van der Waals surface area contributed by atoms with Gasteiger partial charge in [0.1, 0.15) is 0 Å². The average molecular weight is 354 g/mol. The SMILES string of the molecule is CC(OC(=O)c1cccc(S(=O)(=O)N2CCCC2)c1)C(=O)N(C)C. The summed E-state index contributed by atoms with van der Waals surface area (Å²) in [5.74, 6) is -1.07. The van der Waals surface area contributed by atoms with Crippen molar-refractivity contribution in [1.29, 1.82) is 0 Å². The van der Waals surface area contributed by atoms with Gasteiger partial charge in [-0.3, -0.25) is 4.79 Å². The first kappa shape index (κ1) is 18.4. The molecule has 1 aromatic rings. The molecule has 24 heavy (non-hydrogen) atoms. The highest BCUT2D eigenvalue weighted by atomic mass is 32.2. The zero-order chi connectivity index (χ0) is 17.9. The quantitative estimate of drug-likeness (QED) is 0.740. The van der Waals surface area contributed by atoms with Crippen LogP contribution in [0.2, 0.25) is 0 Å². The largest absolute Gasteiger partial charge is 0.449 e. The molecule has 1 fully saturated rings. The number of carbonyl (C=O) groups is 2. The topological polar surface area (TPSA) is 84.0 Å². The number of rotatable bonds is 5. The number of hydrogen-bond acceptors (Lipinski definition) is 5. The molecule has 1 atom stereocenters. The van der Waals surface area contributed by atoms with Crippen LogP contribution in [-0.4, -0.2) is 62.8 Å². The van der Waals surface area contributed by atoms with E-state index in [4.69, 9.17) is 4.74 Å². The van der Waals surface area contributed by atoms with E-state index in [1.807, 2.05) is 0 Å². The number of ether oxygens (including phenoxy) is 1. The summed E-state index contributed by atoms with van der Waals surface area (Å²) in [7, 11) is -0.472. The summed E-state index contributed by atoms with van der Waals surface area (Å²) in [6, 6.07) is 5.72. The minimum absolute atomic E-state index is 0.0606. The molecule has 1 aromatic carbocycles. The molecular formula is C16H22N2O5S. The van der Waals surface area contributed by atoms with Gasteiger partial charge in [-0.15, -0.1) is 0 Å². The number of amides is 1. The van der Waals surface area contributed by atoms with E-state index in [1.165, 1.54) is 40.4 Å². The molecule has 132 valence electrons. The van der Waals surface area contributed by atoms with Crippen LogP contribution in [0.3, 0.4) is 0 Å². The summed E-state index contributed by atoms with van der Waals surface area (Å²) in [6.07, 6.45) is 0.738. The standard InChI is InChI=1S/C16H22N2O5S/c1-12(15(19)17(2)3)23-16(20)13-7-6-8-14(11-13)24(21,22)18-9-4-5-10-18/h6-8,11-12H,4-5,9-10H2,1-3H3. The van der Waals surface area contributed by atoms with Crippen LogP contribution in [-0.2, 0) is 19.6 Å². The maximum Gasteiger partial charge on any atom is 0.338 e. The van der Waals surface area contributed by atoms with Crippen molar-refractivity contribution in [2.45, 2.75) is 30.8 Å². The molecule has 0 saturated carbocycles. The fourth-order valence-electron chi connectivity index (χ4n) is 2.50. The Kier molecular flexibility index (Phi) is 5.61. The van der Waals surface area contributed by atoms with Gasteiger partial charge in [0.15, 0.2) is 6.10 Å². The highest BCUT2D eigenvalue weighted by molar-refractivity contribution is 7.89. The Morgan fingerprint density at radius 2 is 1.83 bits per heavy atom. The molecule has 1 aliphatic rings. The summed E-state index contributed by atoms with van der Waals surface area (Å²) < 4.78 is 31.6. The smallest absolute Gasteiger partial charge is 0.338 e. The lowest BCUT2D eigenvalue weighted by Crippen LogP contribution is -2.35. The lowest BCUT2D eigenvalue weighted by molar-refractivity contribution is -0.137. The van der Waals surface area contributed by atoms with Gasteiger partial charge in [-0.05, 0) is 38.0 Å². The molecule has 1 unspecified atom stereocenters. The van der Waals surface area contributed by atoms with Crippen molar-refractivity contribution < 1.29 is 22.7 Å². The first-order chi connectivity index (χ1) is 11.2. The highest BCUT2D eigenvalue weighted by Gasteiger charge is 2.28. The second-order valence-corrected chi connectivity index (χ2v) is 7.86. The van der Waals surface area contributed by atoms with E-state index < -0.39 is 22.1 Å². The van der Waals surface area contributed by atoms with Crippen LogP contribution in [0.25, 0.3) is 0 Å². The Morgan fingerprint density at radius 1 is 1.21 bits per heavy atom. The van der Waals surface area contributed by atoms with Crippen molar-refractivity contribution in [3.05, 3.63) is 29.8 Å². The zero-order valence-electron chi connectivity index (χ0n) is 14.1. The van der Waals surface area contributed by atoms with E-state index in [2.05, 4.69) is 0 Å². The van der Waals surface area contributed by atoms with Crippen molar-refractivity contribution >= 4 is 21.9 Å². The molecule has 1 saturated heterocycles. The summed E-state index contributed by atoms with van der Waals surface area (Å²) in [6.45, 7) is 2.46. The number of sulfonamides is 1. The lowest BCUT2D eigenvalue weighted by atomic mass is 10.2. The Hall–Kier alpha value is -1.93. The average Bonchev–Trinajstić information content (AvgIpc) is 3.09. The van der Waals surface area contributed by atoms with Crippen molar-refractivity contribution in [2.75, 3.05) is 27.2 Å². The third-order valence-electron chi connectivity index (χ3n) is 3.84. The van der Waals surface area contributed by atoms with Gasteiger partial charge in [0, 0.05) is 27.2 Å². The van der Waals surface area contributed by atoms with Crippen LogP contribution in [0.4, 0.5) is 0 Å². The molecule has 0 bridgehead atoms. The fourth-order valence-corrected chi connectivity index (χ4v) is 4.07. The summed E-state index contributed by atoms with van der Waals surface area (Å²) in [5, 5.41) is 0. The van der Waals surface area contributed by atoms with Gasteiger partial charge in [-0.1, -0.05) is 6.07 Å². The number of benzene rings is 1. The maximum atomic E-state index is 12.5. The highest BCUT2D eigenvalue weighted by Crippen LogP contribution is 2.22. The molecule has 0 aliphatic carbocycles. The molecule has 1 aliphatic heterocycles. The number of hydrogen-bond donors (Lipinski definition) is 0. The molecule has 0 spiro atoms. The molecule has 2 rings (SSSR count). The summed E-state index contributed by atoms with van der Waals surface area (Å²) >= 11 is 0. The Morgan fingerprint density at radius 3 is 2.42 bits per heavy atom. The number of carbonyl (C=O) groups excluding carboxylic acids is 2. The fraction of sp³-hybridized carbons (Fsp3) is 0.500. The first-order valence-corrected chi connectivity index (χ1v) is 9.20. The van der Waals surface area contributed by atoms with Gasteiger partial charge >= 0.3 is 5.97 Å². The Balaban J connectivity index is 2.18. The Labute approximate surface area is 142 Å². The lowest BCUT2D eigenvalue weighted by Gasteiger charge is -2.18. The third kappa shape index (κ3) is 3.93. The van der Waals surface area contributed by atoms with Crippen molar-refractivity contribution in [3.8, 4) is 0 Å². The third-order valence-corrected chi connectivity index (χ3v) is 5.74. The van der Waals surface area contributed by atoms with Crippen LogP contribution in [0.15, 0.2) is 29.2 Å². The van der Waals surface area contributed by atoms with Gasteiger partial charge in [-0.25, -0.2) is 13.2 Å². The normalized spacial score (nSPS) is 16.6. The van der Waals surface area contributed by atoms with Gasteiger partial charge in [0.25, 0.3) is 5.91 Å². The van der Waals surface area contributed by atoms with Crippen LogP contribution >= 0.6 is 0 Å². The Bertz CT molecular complexity index is 724. The van der Waals surface area contributed by atoms with E-state index in [1.54, 1.807) is 14.1 Å². The maximum absolute atomic E-state index is 12.5. The van der Waals surface area contributed by atoms with Crippen molar-refractivity contribution in [2.24, 2.45) is 0 Å². The first-order valence-electron chi connectivity index (χ1n) is 7.76. The minimum atomic E-state index is -3.60. The second-order valence-electron chi connectivity index (χ2n) is 5.92. The van der Waals surface area contributed by atoms with E-state index in [9.17, 15) is 18.0 Å². The molecule has 0 N–H and O–H groups in total. The number of likely N-dealkylation sites (N-methyl/N-ethyl adjacent to an activating group) is 1. The minimum Gasteiger partial charge on any atom is -0.449 e. The van der Waals surface area contributed by atoms with Crippen molar-refractivity contribution in [3.63, 3.8) is 0 Å². The van der Waals surface area contributed by atoms with E-state index in [-0.39, 0.29) is 16.4 Å². The molecule has 8 heteroatoms. The van der Waals surface area contributed by atoms with Crippen molar-refractivity contribution in [1.82, 2.24) is 9.21 Å². The van der Waals surface area contributed by atoms with Gasteiger partial charge < -0.3 is 9.64 Å². The molecule has 0 aromatic heterocycles. The second kappa shape index (κ2) is 7.31. The van der Waals surface area contributed by atoms with E-state index >= 15 is 0 Å². The molecule has 1 heterocycles. The number of nitrogens with zero attached hydrogens (tertiary/aromatic N) is 2. The van der Waals surface area contributed by atoms with E-state index in [0.29, 0.717) is 13.1 Å².